The monoisotopic (exact) mass is 459 g/mol. The summed E-state index contributed by atoms with van der Waals surface area (Å²) >= 11 is 0. The summed E-state index contributed by atoms with van der Waals surface area (Å²) in [5.74, 6) is -5.05. The summed E-state index contributed by atoms with van der Waals surface area (Å²) in [6.07, 6.45) is -3.63. The highest BCUT2D eigenvalue weighted by molar-refractivity contribution is 6.26. The molecule has 0 aliphatic carbocycles. The van der Waals surface area contributed by atoms with Crippen molar-refractivity contribution in [3.63, 3.8) is 0 Å². The summed E-state index contributed by atoms with van der Waals surface area (Å²) < 4.78 is 55.4. The van der Waals surface area contributed by atoms with Gasteiger partial charge in [-0.3, -0.25) is 19.3 Å². The molecule has 0 saturated carbocycles. The third-order valence-electron chi connectivity index (χ3n) is 7.40. The molecule has 0 unspecified atom stereocenters. The lowest BCUT2D eigenvalue weighted by Gasteiger charge is -2.36. The van der Waals surface area contributed by atoms with Crippen molar-refractivity contribution in [1.82, 2.24) is 4.90 Å². The standard InChI is InChI=1S/C23H17F4N3O3/c24-11-7-8-14-13(10-11)22(21(33)28-14)18-17(16-6-3-9-29(16)22)19(31)30(20(18)32)15-5-2-1-4-12(15)23(25,26)27/h1-2,4-5,7-8,10,16-18H,3,6,9H2,(H,28,33)/t16-,17+,18+,22-/m1/s1. The van der Waals surface area contributed by atoms with Crippen molar-refractivity contribution in [1.29, 1.82) is 0 Å². The van der Waals surface area contributed by atoms with E-state index >= 15 is 0 Å². The fourth-order valence-electron chi connectivity index (χ4n) is 6.32. The van der Waals surface area contributed by atoms with E-state index in [1.807, 2.05) is 0 Å². The maximum Gasteiger partial charge on any atom is 0.418 e. The Bertz CT molecular complexity index is 1250. The lowest BCUT2D eigenvalue weighted by atomic mass is 9.75. The SMILES string of the molecule is O=C1[C@H]2[C@H]3CCCN3[C@@]3(C(=O)Nc4ccc(F)cc43)[C@@H]2C(=O)N1c1ccccc1C(F)(F)F. The number of halogens is 4. The number of benzene rings is 2. The van der Waals surface area contributed by atoms with Crippen LogP contribution in [0.25, 0.3) is 0 Å². The number of amides is 3. The number of alkyl halides is 3. The van der Waals surface area contributed by atoms with Crippen LogP contribution in [0.2, 0.25) is 0 Å². The van der Waals surface area contributed by atoms with Crippen molar-refractivity contribution in [2.24, 2.45) is 11.8 Å². The fourth-order valence-corrected chi connectivity index (χ4v) is 6.32. The molecule has 10 heteroatoms. The van der Waals surface area contributed by atoms with Crippen molar-refractivity contribution >= 4 is 29.1 Å². The van der Waals surface area contributed by atoms with Crippen molar-refractivity contribution in [3.8, 4) is 0 Å². The molecule has 1 spiro atoms. The Morgan fingerprint density at radius 1 is 1.03 bits per heavy atom. The average Bonchev–Trinajstić information content (AvgIpc) is 3.46. The zero-order valence-corrected chi connectivity index (χ0v) is 17.0. The molecule has 6 nitrogen and oxygen atoms in total. The van der Waals surface area contributed by atoms with Crippen molar-refractivity contribution in [2.75, 3.05) is 16.8 Å². The van der Waals surface area contributed by atoms with Crippen LogP contribution in [-0.2, 0) is 26.1 Å². The molecule has 33 heavy (non-hydrogen) atoms. The Labute approximate surface area is 185 Å². The Kier molecular flexibility index (Phi) is 3.95. The minimum Gasteiger partial charge on any atom is -0.324 e. The maximum absolute atomic E-state index is 14.3. The first kappa shape index (κ1) is 20.3. The summed E-state index contributed by atoms with van der Waals surface area (Å²) in [6.45, 7) is 0.417. The second-order valence-corrected chi connectivity index (χ2v) is 8.84. The third-order valence-corrected chi connectivity index (χ3v) is 7.40. The Morgan fingerprint density at radius 3 is 2.55 bits per heavy atom. The molecule has 2 aromatic carbocycles. The summed E-state index contributed by atoms with van der Waals surface area (Å²) in [7, 11) is 0. The lowest BCUT2D eigenvalue weighted by molar-refractivity contribution is -0.138. The maximum atomic E-state index is 14.3. The number of hydrogen-bond acceptors (Lipinski definition) is 4. The molecule has 3 fully saturated rings. The van der Waals surface area contributed by atoms with Crippen LogP contribution in [0.4, 0.5) is 28.9 Å². The van der Waals surface area contributed by atoms with Gasteiger partial charge in [-0.15, -0.1) is 0 Å². The van der Waals surface area contributed by atoms with Gasteiger partial charge in [0, 0.05) is 17.3 Å². The Hall–Kier alpha value is -3.27. The first-order valence-corrected chi connectivity index (χ1v) is 10.6. The molecule has 170 valence electrons. The molecule has 4 atom stereocenters. The highest BCUT2D eigenvalue weighted by Gasteiger charge is 2.74. The molecule has 0 bridgehead atoms. The minimum atomic E-state index is -4.79. The molecule has 3 amide bonds. The number of fused-ring (bicyclic) bond motifs is 7. The third kappa shape index (κ3) is 2.39. The van der Waals surface area contributed by atoms with Gasteiger partial charge in [0.05, 0.1) is 23.1 Å². The van der Waals surface area contributed by atoms with Gasteiger partial charge in [-0.05, 0) is 49.7 Å². The van der Waals surface area contributed by atoms with Gasteiger partial charge in [0.25, 0.3) is 0 Å². The largest absolute Gasteiger partial charge is 0.418 e. The Balaban J connectivity index is 1.56. The van der Waals surface area contributed by atoms with E-state index in [0.29, 0.717) is 30.0 Å². The van der Waals surface area contributed by atoms with E-state index < -0.39 is 64.4 Å². The van der Waals surface area contributed by atoms with E-state index in [9.17, 15) is 31.9 Å². The molecule has 6 rings (SSSR count). The highest BCUT2D eigenvalue weighted by Crippen LogP contribution is 2.61. The number of nitrogens with one attached hydrogen (secondary N) is 1. The van der Waals surface area contributed by atoms with Crippen LogP contribution in [0.1, 0.15) is 24.0 Å². The second kappa shape index (κ2) is 6.40. The Morgan fingerprint density at radius 2 is 1.79 bits per heavy atom. The molecule has 1 N–H and O–H groups in total. The van der Waals surface area contributed by atoms with Gasteiger partial charge in [-0.1, -0.05) is 12.1 Å². The van der Waals surface area contributed by atoms with Gasteiger partial charge in [0.2, 0.25) is 17.7 Å². The van der Waals surface area contributed by atoms with Gasteiger partial charge in [-0.2, -0.15) is 13.2 Å². The van der Waals surface area contributed by atoms with Crippen LogP contribution in [0.3, 0.4) is 0 Å². The van der Waals surface area contributed by atoms with Gasteiger partial charge in [0.1, 0.15) is 11.4 Å². The molecule has 3 saturated heterocycles. The number of anilines is 2. The number of para-hydroxylation sites is 1. The molecule has 4 heterocycles. The molecular weight excluding hydrogens is 442 g/mol. The van der Waals surface area contributed by atoms with Gasteiger partial charge in [0.15, 0.2) is 0 Å². The molecule has 0 aromatic heterocycles. The normalized spacial score (nSPS) is 30.7. The van der Waals surface area contributed by atoms with Crippen LogP contribution >= 0.6 is 0 Å². The number of rotatable bonds is 1. The fraction of sp³-hybridized carbons (Fsp3) is 0.348. The van der Waals surface area contributed by atoms with E-state index in [1.165, 1.54) is 30.3 Å². The predicted octanol–water partition coefficient (Wildman–Crippen LogP) is 3.28. The van der Waals surface area contributed by atoms with Crippen molar-refractivity contribution in [2.45, 2.75) is 30.6 Å². The number of carbonyl (C=O) groups is 3. The molecule has 0 radical (unpaired) electrons. The molecule has 4 aliphatic heterocycles. The first-order chi connectivity index (χ1) is 15.7. The summed E-state index contributed by atoms with van der Waals surface area (Å²) in [5.41, 5.74) is -2.71. The van der Waals surface area contributed by atoms with Crippen LogP contribution in [0, 0.1) is 17.7 Å². The van der Waals surface area contributed by atoms with E-state index in [4.69, 9.17) is 0 Å². The van der Waals surface area contributed by atoms with Crippen LogP contribution < -0.4 is 10.2 Å². The van der Waals surface area contributed by atoms with Gasteiger partial charge in [-0.25, -0.2) is 9.29 Å². The number of hydrogen-bond donors (Lipinski definition) is 1. The summed E-state index contributed by atoms with van der Waals surface area (Å²) in [6, 6.07) is 7.65. The van der Waals surface area contributed by atoms with E-state index in [-0.39, 0.29) is 5.56 Å². The quantitative estimate of drug-likeness (QED) is 0.525. The van der Waals surface area contributed by atoms with E-state index in [0.717, 1.165) is 12.1 Å². The topological polar surface area (TPSA) is 69.7 Å². The van der Waals surface area contributed by atoms with E-state index in [1.54, 1.807) is 4.90 Å². The van der Waals surface area contributed by atoms with Crippen LogP contribution in [0.5, 0.6) is 0 Å². The second-order valence-electron chi connectivity index (χ2n) is 8.84. The van der Waals surface area contributed by atoms with Gasteiger partial charge < -0.3 is 5.32 Å². The summed E-state index contributed by atoms with van der Waals surface area (Å²) in [5, 5.41) is 2.70. The van der Waals surface area contributed by atoms with Crippen LogP contribution in [0.15, 0.2) is 42.5 Å². The summed E-state index contributed by atoms with van der Waals surface area (Å²) in [4.78, 5) is 43.1. The van der Waals surface area contributed by atoms with E-state index in [2.05, 4.69) is 5.32 Å². The molecule has 4 aliphatic rings. The van der Waals surface area contributed by atoms with Crippen molar-refractivity contribution in [3.05, 3.63) is 59.4 Å². The smallest absolute Gasteiger partial charge is 0.324 e. The lowest BCUT2D eigenvalue weighted by Crippen LogP contribution is -2.54. The number of nitrogens with zero attached hydrogens (tertiary/aromatic N) is 2. The zero-order valence-electron chi connectivity index (χ0n) is 17.0. The first-order valence-electron chi connectivity index (χ1n) is 10.6. The average molecular weight is 459 g/mol. The van der Waals surface area contributed by atoms with Gasteiger partial charge >= 0.3 is 6.18 Å². The minimum absolute atomic E-state index is 0.249. The highest BCUT2D eigenvalue weighted by atomic mass is 19.4. The molecular formula is C23H17F4N3O3. The zero-order chi connectivity index (χ0) is 23.3. The molecule has 2 aromatic rings. The number of imide groups is 1. The predicted molar refractivity (Wildman–Crippen MR) is 107 cm³/mol. The van der Waals surface area contributed by atoms with Crippen molar-refractivity contribution < 1.29 is 31.9 Å². The number of carbonyl (C=O) groups excluding carboxylic acids is 3. The van der Waals surface area contributed by atoms with Crippen LogP contribution in [-0.4, -0.2) is 35.2 Å².